The third-order valence-electron chi connectivity index (χ3n) is 2.82. The maximum atomic E-state index is 4.15. The molecule has 1 unspecified atom stereocenters. The van der Waals surface area contributed by atoms with Gasteiger partial charge in [-0.05, 0) is 43.9 Å². The molecule has 90 valence electrons. The van der Waals surface area contributed by atoms with Crippen LogP contribution in [0, 0.1) is 0 Å². The average molecular weight is 220 g/mol. The number of aromatic nitrogens is 1. The molecule has 0 aliphatic rings. The van der Waals surface area contributed by atoms with Gasteiger partial charge in [-0.2, -0.15) is 0 Å². The van der Waals surface area contributed by atoms with E-state index in [4.69, 9.17) is 0 Å². The summed E-state index contributed by atoms with van der Waals surface area (Å²) in [5, 5.41) is 3.62. The summed E-state index contributed by atoms with van der Waals surface area (Å²) in [7, 11) is 0. The van der Waals surface area contributed by atoms with Crippen LogP contribution in [-0.2, 0) is 6.42 Å². The maximum Gasteiger partial charge on any atom is 0.0299 e. The van der Waals surface area contributed by atoms with Crippen LogP contribution >= 0.6 is 0 Å². The van der Waals surface area contributed by atoms with Gasteiger partial charge in [-0.25, -0.2) is 0 Å². The van der Waals surface area contributed by atoms with Gasteiger partial charge in [-0.3, -0.25) is 4.98 Å². The van der Waals surface area contributed by atoms with Crippen LogP contribution in [0.3, 0.4) is 0 Å². The minimum Gasteiger partial charge on any atom is -0.314 e. The fourth-order valence-electron chi connectivity index (χ4n) is 1.93. The summed E-state index contributed by atoms with van der Waals surface area (Å²) in [6.45, 7) is 5.61. The third kappa shape index (κ3) is 5.26. The van der Waals surface area contributed by atoms with E-state index in [0.29, 0.717) is 6.04 Å². The van der Waals surface area contributed by atoms with Crippen LogP contribution in [0.1, 0.15) is 45.1 Å². The molecule has 0 aliphatic heterocycles. The van der Waals surface area contributed by atoms with Gasteiger partial charge >= 0.3 is 0 Å². The standard InChI is InChI=1S/C14H24N2/c1-3-6-14(16-10-4-2)9-8-13-7-5-11-15-12-13/h5,7,11-12,14,16H,3-4,6,8-10H2,1-2H3. The molecule has 0 saturated carbocycles. The van der Waals surface area contributed by atoms with E-state index in [1.807, 2.05) is 18.5 Å². The Labute approximate surface area is 99.5 Å². The number of aryl methyl sites for hydroxylation is 1. The molecule has 1 atom stereocenters. The smallest absolute Gasteiger partial charge is 0.0299 e. The topological polar surface area (TPSA) is 24.9 Å². The molecule has 1 aromatic heterocycles. The molecular weight excluding hydrogens is 196 g/mol. The monoisotopic (exact) mass is 220 g/mol. The molecule has 16 heavy (non-hydrogen) atoms. The molecule has 2 nitrogen and oxygen atoms in total. The van der Waals surface area contributed by atoms with Crippen molar-refractivity contribution in [2.24, 2.45) is 0 Å². The molecule has 0 aromatic carbocycles. The van der Waals surface area contributed by atoms with Gasteiger partial charge in [0.1, 0.15) is 0 Å². The average Bonchev–Trinajstić information content (AvgIpc) is 2.34. The first-order valence-electron chi connectivity index (χ1n) is 6.49. The van der Waals surface area contributed by atoms with E-state index in [2.05, 4.69) is 30.2 Å². The van der Waals surface area contributed by atoms with Crippen molar-refractivity contribution in [3.8, 4) is 0 Å². The zero-order valence-corrected chi connectivity index (χ0v) is 10.6. The summed E-state index contributed by atoms with van der Waals surface area (Å²) in [5.41, 5.74) is 1.35. The quantitative estimate of drug-likeness (QED) is 0.728. The Bertz CT molecular complexity index is 259. The second-order valence-corrected chi connectivity index (χ2v) is 4.34. The van der Waals surface area contributed by atoms with E-state index in [1.165, 1.54) is 31.2 Å². The number of hydrogen-bond acceptors (Lipinski definition) is 2. The predicted molar refractivity (Wildman–Crippen MR) is 69.5 cm³/mol. The van der Waals surface area contributed by atoms with Gasteiger partial charge in [0, 0.05) is 18.4 Å². The second-order valence-electron chi connectivity index (χ2n) is 4.34. The zero-order chi connectivity index (χ0) is 11.6. The van der Waals surface area contributed by atoms with E-state index in [0.717, 1.165) is 13.0 Å². The Morgan fingerprint density at radius 2 is 2.12 bits per heavy atom. The summed E-state index contributed by atoms with van der Waals surface area (Å²) < 4.78 is 0. The van der Waals surface area contributed by atoms with Crippen LogP contribution in [0.15, 0.2) is 24.5 Å². The first kappa shape index (κ1) is 13.2. The normalized spacial score (nSPS) is 12.6. The van der Waals surface area contributed by atoms with E-state index in [1.54, 1.807) is 0 Å². The number of hydrogen-bond donors (Lipinski definition) is 1. The Kier molecular flexibility index (Phi) is 6.82. The Hall–Kier alpha value is -0.890. The number of nitrogens with zero attached hydrogens (tertiary/aromatic N) is 1. The molecule has 0 amide bonds. The highest BCUT2D eigenvalue weighted by molar-refractivity contribution is 5.08. The maximum absolute atomic E-state index is 4.15. The highest BCUT2D eigenvalue weighted by Crippen LogP contribution is 2.07. The van der Waals surface area contributed by atoms with E-state index in [9.17, 15) is 0 Å². The Morgan fingerprint density at radius 1 is 1.25 bits per heavy atom. The van der Waals surface area contributed by atoms with Crippen LogP contribution in [0.5, 0.6) is 0 Å². The minimum atomic E-state index is 0.671. The van der Waals surface area contributed by atoms with E-state index >= 15 is 0 Å². The lowest BCUT2D eigenvalue weighted by Gasteiger charge is -2.17. The van der Waals surface area contributed by atoms with E-state index in [-0.39, 0.29) is 0 Å². The third-order valence-corrected chi connectivity index (χ3v) is 2.82. The molecule has 0 fully saturated rings. The fourth-order valence-corrected chi connectivity index (χ4v) is 1.93. The summed E-state index contributed by atoms with van der Waals surface area (Å²) in [4.78, 5) is 4.15. The van der Waals surface area contributed by atoms with Crippen molar-refractivity contribution in [1.82, 2.24) is 10.3 Å². The SMILES string of the molecule is CCCNC(CCC)CCc1cccnc1. The summed E-state index contributed by atoms with van der Waals surface area (Å²) in [6, 6.07) is 4.85. The van der Waals surface area contributed by atoms with Crippen LogP contribution in [0.25, 0.3) is 0 Å². The van der Waals surface area contributed by atoms with E-state index < -0.39 is 0 Å². The summed E-state index contributed by atoms with van der Waals surface area (Å²) in [5.74, 6) is 0. The van der Waals surface area contributed by atoms with Gasteiger partial charge in [0.2, 0.25) is 0 Å². The van der Waals surface area contributed by atoms with Crippen molar-refractivity contribution in [1.29, 1.82) is 0 Å². The molecule has 0 saturated heterocycles. The lowest BCUT2D eigenvalue weighted by molar-refractivity contribution is 0.448. The molecule has 0 bridgehead atoms. The first-order valence-corrected chi connectivity index (χ1v) is 6.49. The Balaban J connectivity index is 2.31. The molecule has 0 spiro atoms. The van der Waals surface area contributed by atoms with Crippen molar-refractivity contribution in [2.75, 3.05) is 6.54 Å². The lowest BCUT2D eigenvalue weighted by atomic mass is 10.0. The molecule has 1 aromatic rings. The van der Waals surface area contributed by atoms with Crippen LogP contribution in [-0.4, -0.2) is 17.6 Å². The summed E-state index contributed by atoms with van der Waals surface area (Å²) >= 11 is 0. The molecule has 1 rings (SSSR count). The molecule has 0 radical (unpaired) electrons. The van der Waals surface area contributed by atoms with Gasteiger partial charge in [0.05, 0.1) is 0 Å². The fraction of sp³-hybridized carbons (Fsp3) is 0.643. The van der Waals surface area contributed by atoms with Gasteiger partial charge in [0.15, 0.2) is 0 Å². The first-order chi connectivity index (χ1) is 7.86. The zero-order valence-electron chi connectivity index (χ0n) is 10.6. The Morgan fingerprint density at radius 3 is 2.75 bits per heavy atom. The minimum absolute atomic E-state index is 0.671. The van der Waals surface area contributed by atoms with Crippen LogP contribution < -0.4 is 5.32 Å². The number of pyridine rings is 1. The molecule has 1 N–H and O–H groups in total. The van der Waals surface area contributed by atoms with Gasteiger partial charge in [-0.15, -0.1) is 0 Å². The predicted octanol–water partition coefficient (Wildman–Crippen LogP) is 3.18. The highest BCUT2D eigenvalue weighted by Gasteiger charge is 2.06. The van der Waals surface area contributed by atoms with Crippen LogP contribution in [0.2, 0.25) is 0 Å². The van der Waals surface area contributed by atoms with Crippen molar-refractivity contribution < 1.29 is 0 Å². The van der Waals surface area contributed by atoms with Crippen molar-refractivity contribution in [2.45, 2.75) is 52.0 Å². The lowest BCUT2D eigenvalue weighted by Crippen LogP contribution is -2.30. The second kappa shape index (κ2) is 8.28. The number of nitrogens with one attached hydrogen (secondary N) is 1. The largest absolute Gasteiger partial charge is 0.314 e. The number of rotatable bonds is 8. The van der Waals surface area contributed by atoms with Crippen molar-refractivity contribution in [3.63, 3.8) is 0 Å². The highest BCUT2D eigenvalue weighted by atomic mass is 14.9. The molecule has 1 heterocycles. The van der Waals surface area contributed by atoms with Crippen molar-refractivity contribution in [3.05, 3.63) is 30.1 Å². The van der Waals surface area contributed by atoms with Gasteiger partial charge in [-0.1, -0.05) is 26.3 Å². The molecule has 2 heteroatoms. The molecule has 0 aliphatic carbocycles. The van der Waals surface area contributed by atoms with Crippen molar-refractivity contribution >= 4 is 0 Å². The van der Waals surface area contributed by atoms with Gasteiger partial charge in [0.25, 0.3) is 0 Å². The molecular formula is C14H24N2. The van der Waals surface area contributed by atoms with Crippen LogP contribution in [0.4, 0.5) is 0 Å². The van der Waals surface area contributed by atoms with Gasteiger partial charge < -0.3 is 5.32 Å². The summed E-state index contributed by atoms with van der Waals surface area (Å²) in [6.07, 6.45) is 9.92.